The largest absolute Gasteiger partial charge is 0.435 e. The molecule has 2 heterocycles. The molecule has 0 spiro atoms. The van der Waals surface area contributed by atoms with E-state index < -0.39 is 23.2 Å². The molecule has 0 radical (unpaired) electrons. The summed E-state index contributed by atoms with van der Waals surface area (Å²) in [5, 5.41) is 6.55. The summed E-state index contributed by atoms with van der Waals surface area (Å²) in [5.74, 6) is -0.517. The first-order valence-electron chi connectivity index (χ1n) is 6.84. The van der Waals surface area contributed by atoms with E-state index in [-0.39, 0.29) is 17.8 Å². The van der Waals surface area contributed by atoms with Gasteiger partial charge < -0.3 is 5.32 Å². The predicted molar refractivity (Wildman–Crippen MR) is 84.0 cm³/mol. The van der Waals surface area contributed by atoms with Crippen molar-refractivity contribution in [2.45, 2.75) is 25.2 Å². The molecule has 0 bridgehead atoms. The van der Waals surface area contributed by atoms with E-state index in [0.29, 0.717) is 4.99 Å². The van der Waals surface area contributed by atoms with Crippen molar-refractivity contribution in [3.05, 3.63) is 47.0 Å². The molecule has 1 aliphatic heterocycles. The van der Waals surface area contributed by atoms with Gasteiger partial charge in [0.15, 0.2) is 5.69 Å². The maximum Gasteiger partial charge on any atom is 0.435 e. The second-order valence-electron chi connectivity index (χ2n) is 5.73. The lowest BCUT2D eigenvalue weighted by Gasteiger charge is -2.37. The normalized spacial score (nSPS) is 21.0. The van der Waals surface area contributed by atoms with Gasteiger partial charge in [-0.05, 0) is 19.1 Å². The third-order valence-electron chi connectivity index (χ3n) is 3.93. The minimum Gasteiger partial charge on any atom is -0.363 e. The molecule has 1 atom stereocenters. The molecule has 3 rings (SSSR count). The summed E-state index contributed by atoms with van der Waals surface area (Å²) in [6, 6.07) is 5.43. The van der Waals surface area contributed by atoms with Crippen LogP contribution in [0.4, 0.5) is 17.6 Å². The van der Waals surface area contributed by atoms with Crippen LogP contribution >= 0.6 is 12.2 Å². The van der Waals surface area contributed by atoms with Crippen molar-refractivity contribution < 1.29 is 17.6 Å². The fourth-order valence-electron chi connectivity index (χ4n) is 2.82. The van der Waals surface area contributed by atoms with E-state index in [4.69, 9.17) is 12.2 Å². The molecule has 2 aromatic rings. The van der Waals surface area contributed by atoms with E-state index in [9.17, 15) is 17.6 Å². The molecule has 0 fully saturated rings. The van der Waals surface area contributed by atoms with Gasteiger partial charge in [-0.1, -0.05) is 29.8 Å². The molecule has 23 heavy (non-hydrogen) atoms. The number of hydrogen-bond acceptors (Lipinski definition) is 2. The van der Waals surface area contributed by atoms with Crippen LogP contribution in [-0.4, -0.2) is 22.6 Å². The maximum atomic E-state index is 14.3. The molecule has 0 saturated heterocycles. The zero-order chi connectivity index (χ0) is 17.0. The Morgan fingerprint density at radius 2 is 2.04 bits per heavy atom. The van der Waals surface area contributed by atoms with Crippen LogP contribution < -0.4 is 10.8 Å². The monoisotopic (exact) mass is 341 g/mol. The van der Waals surface area contributed by atoms with Gasteiger partial charge in [0, 0.05) is 5.56 Å². The van der Waals surface area contributed by atoms with Crippen molar-refractivity contribution in [1.82, 2.24) is 15.1 Å². The van der Waals surface area contributed by atoms with Gasteiger partial charge in [0.2, 0.25) is 0 Å². The molecule has 3 nitrogen and oxygen atoms in total. The Hall–Kier alpha value is -1.90. The van der Waals surface area contributed by atoms with Crippen molar-refractivity contribution in [3.63, 3.8) is 0 Å². The molecule has 0 aliphatic carbocycles. The lowest BCUT2D eigenvalue weighted by atomic mass is 9.83. The standard InChI is InChI=1S/C14H12BF4N3S/c1-13(8-4-7(15)2-3-9(8)16)11-5-10(14(17,18)19)21-22(11)6-12(23)20-13/h2-5H,6,15H2,1H3,(H,20,23). The number of halogens is 4. The minimum absolute atomic E-state index is 0.0315. The van der Waals surface area contributed by atoms with E-state index in [1.54, 1.807) is 26.9 Å². The number of nitrogens with zero attached hydrogens (tertiary/aromatic N) is 2. The second-order valence-corrected chi connectivity index (χ2v) is 6.22. The van der Waals surface area contributed by atoms with E-state index >= 15 is 0 Å². The highest BCUT2D eigenvalue weighted by atomic mass is 32.1. The third kappa shape index (κ3) is 2.63. The van der Waals surface area contributed by atoms with Crippen molar-refractivity contribution in [2.75, 3.05) is 0 Å². The predicted octanol–water partition coefficient (Wildman–Crippen LogP) is 1.49. The number of rotatable bonds is 1. The molecule has 120 valence electrons. The van der Waals surface area contributed by atoms with Crippen molar-refractivity contribution in [2.24, 2.45) is 0 Å². The van der Waals surface area contributed by atoms with Crippen molar-refractivity contribution in [1.29, 1.82) is 0 Å². The average molecular weight is 341 g/mol. The lowest BCUT2D eigenvalue weighted by molar-refractivity contribution is -0.141. The first-order valence-corrected chi connectivity index (χ1v) is 7.25. The van der Waals surface area contributed by atoms with Gasteiger partial charge in [-0.25, -0.2) is 4.39 Å². The number of benzene rings is 1. The smallest absolute Gasteiger partial charge is 0.363 e. The Balaban J connectivity index is 2.23. The quantitative estimate of drug-likeness (QED) is 0.484. The van der Waals surface area contributed by atoms with E-state index in [0.717, 1.165) is 11.5 Å². The maximum absolute atomic E-state index is 14.3. The topological polar surface area (TPSA) is 29.9 Å². The molecule has 1 aromatic heterocycles. The number of aromatic nitrogens is 2. The van der Waals surface area contributed by atoms with Crippen LogP contribution in [0.5, 0.6) is 0 Å². The van der Waals surface area contributed by atoms with E-state index in [2.05, 4.69) is 10.4 Å². The molecule has 9 heteroatoms. The molecule has 1 N–H and O–H groups in total. The highest BCUT2D eigenvalue weighted by molar-refractivity contribution is 7.80. The zero-order valence-electron chi connectivity index (χ0n) is 12.3. The van der Waals surface area contributed by atoms with Gasteiger partial charge in [0.1, 0.15) is 19.2 Å². The average Bonchev–Trinajstić information content (AvgIpc) is 2.86. The van der Waals surface area contributed by atoms with E-state index in [1.807, 2.05) is 0 Å². The van der Waals surface area contributed by atoms with Gasteiger partial charge in [0.05, 0.1) is 17.2 Å². The molecule has 0 saturated carbocycles. The molecule has 1 unspecified atom stereocenters. The van der Waals surface area contributed by atoms with Crippen molar-refractivity contribution >= 4 is 30.5 Å². The lowest BCUT2D eigenvalue weighted by Crippen LogP contribution is -2.51. The number of thiocarbonyl (C=S) groups is 1. The third-order valence-corrected chi connectivity index (χ3v) is 4.16. The first kappa shape index (κ1) is 16.0. The molecule has 1 aliphatic rings. The SMILES string of the molecule is Bc1ccc(F)c(C2(C)NC(=S)Cn3nc(C(F)(F)F)cc32)c1. The highest BCUT2D eigenvalue weighted by Crippen LogP contribution is 2.37. The number of nitrogens with one attached hydrogen (secondary N) is 1. The van der Waals surface area contributed by atoms with Crippen LogP contribution in [0, 0.1) is 5.82 Å². The summed E-state index contributed by atoms with van der Waals surface area (Å²) >= 11 is 5.13. The van der Waals surface area contributed by atoms with E-state index in [1.165, 1.54) is 10.7 Å². The zero-order valence-corrected chi connectivity index (χ0v) is 13.1. The fraction of sp³-hybridized carbons (Fsp3) is 0.286. The Kier molecular flexibility index (Phi) is 3.51. The van der Waals surface area contributed by atoms with Crippen LogP contribution in [0.1, 0.15) is 23.9 Å². The number of fused-ring (bicyclic) bond motifs is 1. The van der Waals surface area contributed by atoms with Crippen LogP contribution in [0.3, 0.4) is 0 Å². The summed E-state index contributed by atoms with van der Waals surface area (Å²) in [5.41, 5.74) is -0.985. The second kappa shape index (κ2) is 5.05. The molecule has 1 aromatic carbocycles. The van der Waals surface area contributed by atoms with Crippen LogP contribution in [0.2, 0.25) is 0 Å². The molecular formula is C14H12BF4N3S. The highest BCUT2D eigenvalue weighted by Gasteiger charge is 2.43. The summed E-state index contributed by atoms with van der Waals surface area (Å²) in [6.07, 6.45) is -4.57. The Morgan fingerprint density at radius 3 is 2.70 bits per heavy atom. The minimum atomic E-state index is -4.57. The van der Waals surface area contributed by atoms with Crippen LogP contribution in [-0.2, 0) is 18.3 Å². The fourth-order valence-corrected chi connectivity index (χ4v) is 3.15. The molecule has 0 amide bonds. The summed E-state index contributed by atoms with van der Waals surface area (Å²) in [7, 11) is 1.78. The summed E-state index contributed by atoms with van der Waals surface area (Å²) in [4.78, 5) is 0.303. The Labute approximate surface area is 136 Å². The molecular weight excluding hydrogens is 329 g/mol. The summed E-state index contributed by atoms with van der Waals surface area (Å²) < 4.78 is 54.4. The number of hydrogen-bond donors (Lipinski definition) is 1. The summed E-state index contributed by atoms with van der Waals surface area (Å²) in [6.45, 7) is 1.63. The van der Waals surface area contributed by atoms with Gasteiger partial charge in [-0.3, -0.25) is 4.68 Å². The Bertz CT molecular complexity index is 802. The van der Waals surface area contributed by atoms with Crippen LogP contribution in [0.25, 0.3) is 0 Å². The Morgan fingerprint density at radius 1 is 1.35 bits per heavy atom. The van der Waals surface area contributed by atoms with Gasteiger partial charge in [0.25, 0.3) is 0 Å². The number of alkyl halides is 3. The first-order chi connectivity index (χ1) is 10.6. The van der Waals surface area contributed by atoms with Gasteiger partial charge >= 0.3 is 6.18 Å². The van der Waals surface area contributed by atoms with Gasteiger partial charge in [-0.2, -0.15) is 18.3 Å². The van der Waals surface area contributed by atoms with Gasteiger partial charge in [-0.15, -0.1) is 0 Å². The van der Waals surface area contributed by atoms with Crippen molar-refractivity contribution in [3.8, 4) is 0 Å². The van der Waals surface area contributed by atoms with Crippen LogP contribution in [0.15, 0.2) is 24.3 Å².